The zero-order valence-corrected chi connectivity index (χ0v) is 13.0. The highest BCUT2D eigenvalue weighted by molar-refractivity contribution is 6.17. The number of ether oxygens (including phenoxy) is 2. The second-order valence-electron chi connectivity index (χ2n) is 4.56. The van der Waals surface area contributed by atoms with Gasteiger partial charge in [0, 0.05) is 24.1 Å². The normalized spacial score (nSPS) is 11.8. The van der Waals surface area contributed by atoms with Gasteiger partial charge in [0.1, 0.15) is 11.5 Å². The van der Waals surface area contributed by atoms with Crippen LogP contribution in [0.3, 0.4) is 0 Å². The first-order chi connectivity index (χ1) is 9.64. The fourth-order valence-electron chi connectivity index (χ4n) is 1.88. The molecule has 0 saturated carbocycles. The van der Waals surface area contributed by atoms with Crippen LogP contribution in [0.5, 0.6) is 11.5 Å². The van der Waals surface area contributed by atoms with Gasteiger partial charge in [0.25, 0.3) is 5.91 Å². The molecule has 0 aliphatic heterocycles. The number of hydrogen-bond acceptors (Lipinski definition) is 3. The predicted octanol–water partition coefficient (Wildman–Crippen LogP) is 3.09. The number of hydrogen-bond donors (Lipinski definition) is 1. The number of nitrogens with one attached hydrogen (secondary N) is 1. The van der Waals surface area contributed by atoms with E-state index in [1.54, 1.807) is 32.4 Å². The average Bonchev–Trinajstić information content (AvgIpc) is 2.50. The SMILES string of the molecule is CCC(CCCl)CNC(=O)c1cc(OC)cc(OC)c1. The largest absolute Gasteiger partial charge is 0.497 e. The van der Waals surface area contributed by atoms with Gasteiger partial charge in [-0.1, -0.05) is 13.3 Å². The summed E-state index contributed by atoms with van der Waals surface area (Å²) in [5, 5.41) is 2.93. The molecule has 20 heavy (non-hydrogen) atoms. The van der Waals surface area contributed by atoms with Crippen molar-refractivity contribution in [2.75, 3.05) is 26.6 Å². The van der Waals surface area contributed by atoms with E-state index >= 15 is 0 Å². The van der Waals surface area contributed by atoms with Crippen molar-refractivity contribution < 1.29 is 14.3 Å². The Balaban J connectivity index is 2.71. The van der Waals surface area contributed by atoms with E-state index in [-0.39, 0.29) is 5.91 Å². The molecule has 0 fully saturated rings. The van der Waals surface area contributed by atoms with Crippen LogP contribution in [0.25, 0.3) is 0 Å². The maximum Gasteiger partial charge on any atom is 0.251 e. The van der Waals surface area contributed by atoms with Gasteiger partial charge in [-0.05, 0) is 24.5 Å². The molecule has 0 spiro atoms. The molecule has 4 nitrogen and oxygen atoms in total. The first-order valence-corrected chi connectivity index (χ1v) is 7.25. The summed E-state index contributed by atoms with van der Waals surface area (Å²) in [7, 11) is 3.12. The lowest BCUT2D eigenvalue weighted by Crippen LogP contribution is -2.29. The Morgan fingerprint density at radius 3 is 2.30 bits per heavy atom. The van der Waals surface area contributed by atoms with Crippen LogP contribution in [0.15, 0.2) is 18.2 Å². The zero-order valence-electron chi connectivity index (χ0n) is 12.2. The van der Waals surface area contributed by atoms with Crippen LogP contribution in [0.4, 0.5) is 0 Å². The minimum atomic E-state index is -0.129. The van der Waals surface area contributed by atoms with Gasteiger partial charge < -0.3 is 14.8 Å². The number of carbonyl (C=O) groups excluding carboxylic acids is 1. The Labute approximate surface area is 125 Å². The van der Waals surface area contributed by atoms with Gasteiger partial charge in [0.05, 0.1) is 14.2 Å². The summed E-state index contributed by atoms with van der Waals surface area (Å²) >= 11 is 5.74. The molecule has 0 aliphatic carbocycles. The summed E-state index contributed by atoms with van der Waals surface area (Å²) < 4.78 is 10.3. The van der Waals surface area contributed by atoms with Crippen LogP contribution in [0.2, 0.25) is 0 Å². The highest BCUT2D eigenvalue weighted by Gasteiger charge is 2.12. The first-order valence-electron chi connectivity index (χ1n) is 6.71. The van der Waals surface area contributed by atoms with Crippen LogP contribution >= 0.6 is 11.6 Å². The number of carbonyl (C=O) groups is 1. The molecule has 1 amide bonds. The van der Waals surface area contributed by atoms with Crippen LogP contribution < -0.4 is 14.8 Å². The van der Waals surface area contributed by atoms with Crippen molar-refractivity contribution in [1.82, 2.24) is 5.32 Å². The fourth-order valence-corrected chi connectivity index (χ4v) is 2.19. The number of rotatable bonds is 8. The van der Waals surface area contributed by atoms with Gasteiger partial charge in [-0.2, -0.15) is 0 Å². The maximum atomic E-state index is 12.2. The fraction of sp³-hybridized carbons (Fsp3) is 0.533. The van der Waals surface area contributed by atoms with E-state index in [9.17, 15) is 4.79 Å². The Morgan fingerprint density at radius 2 is 1.85 bits per heavy atom. The summed E-state index contributed by atoms with van der Waals surface area (Å²) in [6.45, 7) is 2.72. The Hall–Kier alpha value is -1.42. The summed E-state index contributed by atoms with van der Waals surface area (Å²) in [5.41, 5.74) is 0.530. The Morgan fingerprint density at radius 1 is 1.25 bits per heavy atom. The van der Waals surface area contributed by atoms with Crippen LogP contribution in [0.1, 0.15) is 30.1 Å². The maximum absolute atomic E-state index is 12.2. The highest BCUT2D eigenvalue weighted by atomic mass is 35.5. The second-order valence-corrected chi connectivity index (χ2v) is 4.94. The lowest BCUT2D eigenvalue weighted by Gasteiger charge is -2.15. The van der Waals surface area contributed by atoms with E-state index in [0.29, 0.717) is 35.4 Å². The van der Waals surface area contributed by atoms with Gasteiger partial charge in [-0.15, -0.1) is 11.6 Å². The molecule has 1 unspecified atom stereocenters. The topological polar surface area (TPSA) is 47.6 Å². The number of methoxy groups -OCH3 is 2. The van der Waals surface area contributed by atoms with Crippen molar-refractivity contribution in [3.8, 4) is 11.5 Å². The second kappa shape index (κ2) is 8.69. The van der Waals surface area contributed by atoms with Crippen molar-refractivity contribution >= 4 is 17.5 Å². The summed E-state index contributed by atoms with van der Waals surface area (Å²) in [5.74, 6) is 2.09. The van der Waals surface area contributed by atoms with Crippen molar-refractivity contribution in [2.45, 2.75) is 19.8 Å². The lowest BCUT2D eigenvalue weighted by molar-refractivity contribution is 0.0945. The van der Waals surface area contributed by atoms with Crippen molar-refractivity contribution in [3.05, 3.63) is 23.8 Å². The van der Waals surface area contributed by atoms with Crippen LogP contribution in [0, 0.1) is 5.92 Å². The van der Waals surface area contributed by atoms with Crippen molar-refractivity contribution in [1.29, 1.82) is 0 Å². The smallest absolute Gasteiger partial charge is 0.251 e. The number of halogens is 1. The Bertz CT molecular complexity index is 415. The molecule has 0 aliphatic rings. The monoisotopic (exact) mass is 299 g/mol. The molecule has 1 N–H and O–H groups in total. The molecule has 1 aromatic rings. The molecule has 1 rings (SSSR count). The quantitative estimate of drug-likeness (QED) is 0.750. The van der Waals surface area contributed by atoms with Gasteiger partial charge in [0.2, 0.25) is 0 Å². The van der Waals surface area contributed by atoms with Gasteiger partial charge in [-0.3, -0.25) is 4.79 Å². The molecule has 1 aromatic carbocycles. The number of amides is 1. The molecule has 0 heterocycles. The third-order valence-corrected chi connectivity index (χ3v) is 3.48. The molecule has 0 radical (unpaired) electrons. The molecular formula is C15H22ClNO3. The van der Waals surface area contributed by atoms with Crippen LogP contribution in [-0.2, 0) is 0 Å². The number of alkyl halides is 1. The summed E-state index contributed by atoms with van der Waals surface area (Å²) in [6.07, 6.45) is 1.90. The summed E-state index contributed by atoms with van der Waals surface area (Å²) in [6, 6.07) is 5.12. The molecule has 0 bridgehead atoms. The van der Waals surface area contributed by atoms with Crippen molar-refractivity contribution in [3.63, 3.8) is 0 Å². The average molecular weight is 300 g/mol. The van der Waals surface area contributed by atoms with Gasteiger partial charge >= 0.3 is 0 Å². The van der Waals surface area contributed by atoms with E-state index in [4.69, 9.17) is 21.1 Å². The van der Waals surface area contributed by atoms with E-state index < -0.39 is 0 Å². The minimum absolute atomic E-state index is 0.129. The molecule has 1 atom stereocenters. The molecule has 0 saturated heterocycles. The molecular weight excluding hydrogens is 278 g/mol. The predicted molar refractivity (Wildman–Crippen MR) is 81.0 cm³/mol. The van der Waals surface area contributed by atoms with E-state index in [1.807, 2.05) is 0 Å². The third-order valence-electron chi connectivity index (χ3n) is 3.26. The summed E-state index contributed by atoms with van der Waals surface area (Å²) in [4.78, 5) is 12.2. The van der Waals surface area contributed by atoms with E-state index in [0.717, 1.165) is 12.8 Å². The van der Waals surface area contributed by atoms with Crippen molar-refractivity contribution in [2.24, 2.45) is 5.92 Å². The zero-order chi connectivity index (χ0) is 15.0. The molecule has 112 valence electrons. The van der Waals surface area contributed by atoms with E-state index in [2.05, 4.69) is 12.2 Å². The van der Waals surface area contributed by atoms with Gasteiger partial charge in [-0.25, -0.2) is 0 Å². The first kappa shape index (κ1) is 16.6. The molecule has 0 aromatic heterocycles. The Kier molecular flexibility index (Phi) is 7.23. The van der Waals surface area contributed by atoms with Gasteiger partial charge in [0.15, 0.2) is 0 Å². The minimum Gasteiger partial charge on any atom is -0.497 e. The lowest BCUT2D eigenvalue weighted by atomic mass is 10.0. The van der Waals surface area contributed by atoms with E-state index in [1.165, 1.54) is 0 Å². The number of benzene rings is 1. The third kappa shape index (κ3) is 4.93. The molecule has 5 heteroatoms. The highest BCUT2D eigenvalue weighted by Crippen LogP contribution is 2.22. The standard InChI is InChI=1S/C15H22ClNO3/c1-4-11(5-6-16)10-17-15(18)12-7-13(19-2)9-14(8-12)20-3/h7-9,11H,4-6,10H2,1-3H3,(H,17,18). The van der Waals surface area contributed by atoms with Crippen LogP contribution in [-0.4, -0.2) is 32.6 Å².